The van der Waals surface area contributed by atoms with Crippen LogP contribution in [0.4, 0.5) is 0 Å². The summed E-state index contributed by atoms with van der Waals surface area (Å²) in [6.07, 6.45) is 0. The van der Waals surface area contributed by atoms with E-state index < -0.39 is 0 Å². The summed E-state index contributed by atoms with van der Waals surface area (Å²) in [7, 11) is 4.84. The molecule has 0 bridgehead atoms. The van der Waals surface area contributed by atoms with Crippen molar-refractivity contribution in [1.82, 2.24) is 5.32 Å². The third kappa shape index (κ3) is 3.74. The van der Waals surface area contributed by atoms with E-state index in [0.29, 0.717) is 43.6 Å². The molecule has 2 aromatic carbocycles. The van der Waals surface area contributed by atoms with Crippen molar-refractivity contribution in [3.63, 3.8) is 0 Å². The Balaban J connectivity index is 1.68. The molecule has 6 heteroatoms. The maximum absolute atomic E-state index is 5.62. The Morgan fingerprint density at radius 3 is 2.32 bits per heavy atom. The minimum absolute atomic E-state index is 0.590. The third-order valence-electron chi connectivity index (χ3n) is 4.04. The SMILES string of the molecule is COc1ccc(CNCc2ccc3c(c2)OCCO3)c(OC)c1OC. The normalized spacial score (nSPS) is 12.6. The van der Waals surface area contributed by atoms with Gasteiger partial charge in [0.25, 0.3) is 0 Å². The van der Waals surface area contributed by atoms with Crippen LogP contribution in [0.1, 0.15) is 11.1 Å². The molecule has 1 aliphatic rings. The maximum atomic E-state index is 5.62. The average molecular weight is 345 g/mol. The number of fused-ring (bicyclic) bond motifs is 1. The van der Waals surface area contributed by atoms with Gasteiger partial charge in [-0.25, -0.2) is 0 Å². The fourth-order valence-corrected chi connectivity index (χ4v) is 2.84. The molecule has 0 spiro atoms. The third-order valence-corrected chi connectivity index (χ3v) is 4.04. The zero-order valence-electron chi connectivity index (χ0n) is 14.8. The molecule has 1 heterocycles. The lowest BCUT2D eigenvalue weighted by atomic mass is 10.1. The van der Waals surface area contributed by atoms with E-state index >= 15 is 0 Å². The molecular formula is C19H23NO5. The van der Waals surface area contributed by atoms with Gasteiger partial charge in [-0.1, -0.05) is 12.1 Å². The van der Waals surface area contributed by atoms with Crippen LogP contribution in [0.5, 0.6) is 28.7 Å². The van der Waals surface area contributed by atoms with Crippen molar-refractivity contribution < 1.29 is 23.7 Å². The van der Waals surface area contributed by atoms with Gasteiger partial charge in [0, 0.05) is 18.7 Å². The van der Waals surface area contributed by atoms with Crippen LogP contribution >= 0.6 is 0 Å². The molecule has 0 radical (unpaired) electrons. The Morgan fingerprint density at radius 2 is 1.60 bits per heavy atom. The summed E-state index contributed by atoms with van der Waals surface area (Å²) in [6.45, 7) is 2.53. The Kier molecular flexibility index (Phi) is 5.50. The lowest BCUT2D eigenvalue weighted by Gasteiger charge is -2.19. The summed E-state index contributed by atoms with van der Waals surface area (Å²) in [5, 5.41) is 3.42. The Labute approximate surface area is 147 Å². The van der Waals surface area contributed by atoms with Crippen molar-refractivity contribution >= 4 is 0 Å². The van der Waals surface area contributed by atoms with Crippen molar-refractivity contribution in [2.75, 3.05) is 34.5 Å². The molecule has 134 valence electrons. The van der Waals surface area contributed by atoms with Crippen molar-refractivity contribution in [1.29, 1.82) is 0 Å². The van der Waals surface area contributed by atoms with E-state index in [9.17, 15) is 0 Å². The van der Waals surface area contributed by atoms with E-state index in [0.717, 1.165) is 22.6 Å². The minimum atomic E-state index is 0.590. The molecule has 6 nitrogen and oxygen atoms in total. The van der Waals surface area contributed by atoms with Crippen molar-refractivity contribution in [3.8, 4) is 28.7 Å². The second-order valence-electron chi connectivity index (χ2n) is 5.58. The van der Waals surface area contributed by atoms with E-state index in [-0.39, 0.29) is 0 Å². The fourth-order valence-electron chi connectivity index (χ4n) is 2.84. The number of hydrogen-bond donors (Lipinski definition) is 1. The molecule has 0 saturated heterocycles. The average Bonchev–Trinajstić information content (AvgIpc) is 2.67. The molecule has 0 atom stereocenters. The van der Waals surface area contributed by atoms with Crippen LogP contribution in [-0.4, -0.2) is 34.5 Å². The topological polar surface area (TPSA) is 58.2 Å². The smallest absolute Gasteiger partial charge is 0.203 e. The zero-order chi connectivity index (χ0) is 17.6. The van der Waals surface area contributed by atoms with Gasteiger partial charge in [-0.3, -0.25) is 0 Å². The summed E-state index contributed by atoms with van der Waals surface area (Å²) in [6, 6.07) is 9.83. The van der Waals surface area contributed by atoms with Crippen LogP contribution in [0.2, 0.25) is 0 Å². The molecule has 0 aliphatic carbocycles. The molecule has 25 heavy (non-hydrogen) atoms. The van der Waals surface area contributed by atoms with Crippen LogP contribution in [0.3, 0.4) is 0 Å². The van der Waals surface area contributed by atoms with Gasteiger partial charge in [0.05, 0.1) is 21.3 Å². The first-order valence-electron chi connectivity index (χ1n) is 8.14. The molecule has 1 N–H and O–H groups in total. The van der Waals surface area contributed by atoms with Crippen LogP contribution in [0, 0.1) is 0 Å². The fraction of sp³-hybridized carbons (Fsp3) is 0.368. The summed E-state index contributed by atoms with van der Waals surface area (Å²) >= 11 is 0. The van der Waals surface area contributed by atoms with E-state index in [4.69, 9.17) is 23.7 Å². The summed E-state index contributed by atoms with van der Waals surface area (Å²) in [5.41, 5.74) is 2.13. The molecule has 0 fully saturated rings. The lowest BCUT2D eigenvalue weighted by molar-refractivity contribution is 0.171. The molecule has 0 unspecified atom stereocenters. The second kappa shape index (κ2) is 7.98. The standard InChI is InChI=1S/C19H23NO5/c1-21-16-7-5-14(18(22-2)19(16)23-3)12-20-11-13-4-6-15-17(10-13)25-9-8-24-15/h4-7,10,20H,8-9,11-12H2,1-3H3. The number of nitrogens with one attached hydrogen (secondary N) is 1. The lowest BCUT2D eigenvalue weighted by Crippen LogP contribution is -2.17. The van der Waals surface area contributed by atoms with Crippen molar-refractivity contribution in [2.45, 2.75) is 13.1 Å². The predicted octanol–water partition coefficient (Wildman–Crippen LogP) is 2.77. The van der Waals surface area contributed by atoms with Crippen molar-refractivity contribution in [2.24, 2.45) is 0 Å². The van der Waals surface area contributed by atoms with Gasteiger partial charge in [-0.15, -0.1) is 0 Å². The van der Waals surface area contributed by atoms with E-state index in [1.54, 1.807) is 21.3 Å². The van der Waals surface area contributed by atoms with Crippen LogP contribution in [0.25, 0.3) is 0 Å². The van der Waals surface area contributed by atoms with E-state index in [1.807, 2.05) is 30.3 Å². The van der Waals surface area contributed by atoms with Gasteiger partial charge < -0.3 is 29.0 Å². The van der Waals surface area contributed by atoms with Crippen LogP contribution < -0.4 is 29.0 Å². The quantitative estimate of drug-likeness (QED) is 0.833. The van der Waals surface area contributed by atoms with E-state index in [2.05, 4.69) is 5.32 Å². The Hall–Kier alpha value is -2.60. The highest BCUT2D eigenvalue weighted by atomic mass is 16.6. The van der Waals surface area contributed by atoms with Crippen LogP contribution in [0.15, 0.2) is 30.3 Å². The second-order valence-corrected chi connectivity index (χ2v) is 5.58. The van der Waals surface area contributed by atoms with Gasteiger partial charge >= 0.3 is 0 Å². The van der Waals surface area contributed by atoms with Crippen LogP contribution in [-0.2, 0) is 13.1 Å². The monoisotopic (exact) mass is 345 g/mol. The summed E-state index contributed by atoms with van der Waals surface area (Å²) in [5.74, 6) is 3.53. The highest BCUT2D eigenvalue weighted by Gasteiger charge is 2.16. The number of hydrogen-bond acceptors (Lipinski definition) is 6. The molecule has 0 amide bonds. The predicted molar refractivity (Wildman–Crippen MR) is 94.1 cm³/mol. The molecule has 0 aromatic heterocycles. The highest BCUT2D eigenvalue weighted by Crippen LogP contribution is 2.39. The van der Waals surface area contributed by atoms with Gasteiger partial charge in [0.15, 0.2) is 23.0 Å². The highest BCUT2D eigenvalue weighted by molar-refractivity contribution is 5.55. The molecule has 3 rings (SSSR count). The molecule has 1 aliphatic heterocycles. The summed E-state index contributed by atoms with van der Waals surface area (Å²) in [4.78, 5) is 0. The first-order valence-corrected chi connectivity index (χ1v) is 8.14. The van der Waals surface area contributed by atoms with Gasteiger partial charge in [0.1, 0.15) is 13.2 Å². The van der Waals surface area contributed by atoms with E-state index in [1.165, 1.54) is 0 Å². The first kappa shape index (κ1) is 17.2. The number of benzene rings is 2. The molecule has 0 saturated carbocycles. The molecule has 2 aromatic rings. The Morgan fingerprint density at radius 1 is 0.840 bits per heavy atom. The first-order chi connectivity index (χ1) is 12.3. The number of ether oxygens (including phenoxy) is 5. The largest absolute Gasteiger partial charge is 0.493 e. The van der Waals surface area contributed by atoms with Gasteiger partial charge in [-0.05, 0) is 23.8 Å². The zero-order valence-corrected chi connectivity index (χ0v) is 14.8. The molecular weight excluding hydrogens is 322 g/mol. The summed E-state index contributed by atoms with van der Waals surface area (Å²) < 4.78 is 27.4. The Bertz CT molecular complexity index is 732. The number of rotatable bonds is 7. The van der Waals surface area contributed by atoms with Crippen molar-refractivity contribution in [3.05, 3.63) is 41.5 Å². The van der Waals surface area contributed by atoms with Gasteiger partial charge in [-0.2, -0.15) is 0 Å². The number of methoxy groups -OCH3 is 3. The minimum Gasteiger partial charge on any atom is -0.493 e. The van der Waals surface area contributed by atoms with Gasteiger partial charge in [0.2, 0.25) is 5.75 Å². The maximum Gasteiger partial charge on any atom is 0.203 e.